The molecule has 0 saturated heterocycles. The van der Waals surface area contributed by atoms with Crippen molar-refractivity contribution in [2.45, 2.75) is 29.9 Å². The number of carbonyl (C=O) groups is 1. The third kappa shape index (κ3) is 4.24. The van der Waals surface area contributed by atoms with E-state index in [0.29, 0.717) is 18.5 Å². The van der Waals surface area contributed by atoms with E-state index >= 15 is 0 Å². The van der Waals surface area contributed by atoms with Crippen LogP contribution in [0.4, 0.5) is 22.4 Å². The van der Waals surface area contributed by atoms with E-state index in [1.54, 1.807) is 0 Å². The van der Waals surface area contributed by atoms with Crippen molar-refractivity contribution >= 4 is 34.2 Å². The van der Waals surface area contributed by atoms with Crippen LogP contribution in [0, 0.1) is 5.82 Å². The van der Waals surface area contributed by atoms with E-state index in [1.165, 1.54) is 41.3 Å². The number of benzene rings is 2. The molecule has 34 heavy (non-hydrogen) atoms. The van der Waals surface area contributed by atoms with Gasteiger partial charge in [-0.15, -0.1) is 0 Å². The van der Waals surface area contributed by atoms with Crippen molar-refractivity contribution < 1.29 is 27.1 Å². The lowest BCUT2D eigenvalue weighted by atomic mass is 9.92. The van der Waals surface area contributed by atoms with Crippen LogP contribution in [0.1, 0.15) is 34.8 Å². The second-order valence-corrected chi connectivity index (χ2v) is 9.43. The summed E-state index contributed by atoms with van der Waals surface area (Å²) in [5, 5.41) is 1.98. The summed E-state index contributed by atoms with van der Waals surface area (Å²) in [5.41, 5.74) is 1.55. The summed E-state index contributed by atoms with van der Waals surface area (Å²) in [4.78, 5) is 18.2. The van der Waals surface area contributed by atoms with E-state index in [-0.39, 0.29) is 10.6 Å². The van der Waals surface area contributed by atoms with Gasteiger partial charge < -0.3 is 9.72 Å². The minimum atomic E-state index is -4.46. The highest BCUT2D eigenvalue weighted by molar-refractivity contribution is 9.09. The molecular weight excluding hydrogens is 516 g/mol. The molecule has 176 valence electrons. The predicted octanol–water partition coefficient (Wildman–Crippen LogP) is 5.05. The van der Waals surface area contributed by atoms with Gasteiger partial charge in [0.25, 0.3) is 0 Å². The predicted molar refractivity (Wildman–Crippen MR) is 122 cm³/mol. The Morgan fingerprint density at radius 1 is 1.09 bits per heavy atom. The van der Waals surface area contributed by atoms with Crippen LogP contribution >= 0.6 is 15.9 Å². The van der Waals surface area contributed by atoms with Gasteiger partial charge in [-0.1, -0.05) is 40.2 Å². The number of ether oxygens (including phenoxy) is 1. The zero-order valence-corrected chi connectivity index (χ0v) is 19.3. The second kappa shape index (κ2) is 8.61. The molecule has 2 heterocycles. The van der Waals surface area contributed by atoms with Gasteiger partial charge in [-0.25, -0.2) is 9.18 Å². The van der Waals surface area contributed by atoms with E-state index < -0.39 is 29.7 Å². The van der Waals surface area contributed by atoms with Gasteiger partial charge in [0.15, 0.2) is 0 Å². The summed E-state index contributed by atoms with van der Waals surface area (Å²) in [6, 6.07) is 9.22. The highest BCUT2D eigenvalue weighted by Crippen LogP contribution is 2.36. The maximum Gasteiger partial charge on any atom is 0.416 e. The minimum Gasteiger partial charge on any atom is -0.410 e. The van der Waals surface area contributed by atoms with Crippen LogP contribution in [-0.4, -0.2) is 27.3 Å². The molecule has 4 nitrogen and oxygen atoms in total. The van der Waals surface area contributed by atoms with Gasteiger partial charge in [-0.3, -0.25) is 4.90 Å². The van der Waals surface area contributed by atoms with Gasteiger partial charge in [0.1, 0.15) is 17.6 Å². The molecule has 0 radical (unpaired) electrons. The molecule has 1 aromatic heterocycles. The summed E-state index contributed by atoms with van der Waals surface area (Å²) in [6.45, 7) is 0.309. The quantitative estimate of drug-likeness (QED) is 0.369. The monoisotopic (exact) mass is 534 g/mol. The van der Waals surface area contributed by atoms with Gasteiger partial charge in [0.05, 0.1) is 5.56 Å². The smallest absolute Gasteiger partial charge is 0.410 e. The fourth-order valence-corrected chi connectivity index (χ4v) is 4.96. The largest absolute Gasteiger partial charge is 0.416 e. The number of rotatable bonds is 2. The van der Waals surface area contributed by atoms with E-state index in [9.17, 15) is 22.4 Å². The van der Waals surface area contributed by atoms with Gasteiger partial charge >= 0.3 is 12.3 Å². The molecule has 9 heteroatoms. The third-order valence-corrected chi connectivity index (χ3v) is 6.74. The third-order valence-electron chi connectivity index (χ3n) is 6.10. The first-order chi connectivity index (χ1) is 16.2. The Morgan fingerprint density at radius 2 is 1.79 bits per heavy atom. The Kier molecular flexibility index (Phi) is 5.75. The number of H-pyrrole nitrogens is 1. The number of aromatic nitrogens is 1. The lowest BCUT2D eigenvalue weighted by Gasteiger charge is -2.35. The molecule has 1 amide bonds. The van der Waals surface area contributed by atoms with Crippen molar-refractivity contribution in [3.8, 4) is 5.75 Å². The first-order valence-corrected chi connectivity index (χ1v) is 11.6. The van der Waals surface area contributed by atoms with Gasteiger partial charge in [0, 0.05) is 22.4 Å². The first kappa shape index (κ1) is 22.7. The fraction of sp³-hybridized carbons (Fsp3) is 0.240. The number of alkyl halides is 4. The van der Waals surface area contributed by atoms with Crippen LogP contribution in [-0.2, 0) is 12.6 Å². The second-order valence-electron chi connectivity index (χ2n) is 8.25. The Bertz CT molecular complexity index is 1350. The van der Waals surface area contributed by atoms with Crippen molar-refractivity contribution in [1.29, 1.82) is 0 Å². The highest BCUT2D eigenvalue weighted by Gasteiger charge is 2.37. The summed E-state index contributed by atoms with van der Waals surface area (Å²) in [7, 11) is 0. The van der Waals surface area contributed by atoms with Crippen LogP contribution in [0.15, 0.2) is 48.5 Å². The van der Waals surface area contributed by atoms with Crippen molar-refractivity contribution in [2.75, 3.05) is 6.54 Å². The van der Waals surface area contributed by atoms with Crippen LogP contribution in [0.25, 0.3) is 12.2 Å². The van der Waals surface area contributed by atoms with Gasteiger partial charge in [-0.05, 0) is 65.6 Å². The summed E-state index contributed by atoms with van der Waals surface area (Å²) < 4.78 is 58.1. The van der Waals surface area contributed by atoms with Crippen LogP contribution < -0.4 is 15.3 Å². The van der Waals surface area contributed by atoms with Crippen molar-refractivity contribution in [1.82, 2.24) is 9.88 Å². The van der Waals surface area contributed by atoms with Gasteiger partial charge in [0.2, 0.25) is 0 Å². The number of nitrogens with zero attached hydrogens (tertiary/aromatic N) is 1. The van der Waals surface area contributed by atoms with Gasteiger partial charge in [-0.2, -0.15) is 13.2 Å². The normalized spacial score (nSPS) is 19.5. The van der Waals surface area contributed by atoms with E-state index in [0.717, 1.165) is 40.4 Å². The Labute approximate surface area is 200 Å². The molecule has 2 aliphatic rings. The molecule has 2 atom stereocenters. The molecule has 0 saturated carbocycles. The van der Waals surface area contributed by atoms with Crippen LogP contribution in [0.5, 0.6) is 5.75 Å². The molecule has 2 unspecified atom stereocenters. The van der Waals surface area contributed by atoms with E-state index in [2.05, 4.69) is 33.1 Å². The molecule has 3 aromatic rings. The number of hydrogen-bond acceptors (Lipinski definition) is 2. The molecule has 5 rings (SSSR count). The highest BCUT2D eigenvalue weighted by atomic mass is 79.9. The summed E-state index contributed by atoms with van der Waals surface area (Å²) >= 11 is 3.62. The average molecular weight is 535 g/mol. The molecule has 2 aromatic carbocycles. The Hall–Kier alpha value is -3.07. The summed E-state index contributed by atoms with van der Waals surface area (Å²) in [5.74, 6) is -0.280. The number of hydrogen-bond donors (Lipinski definition) is 1. The van der Waals surface area contributed by atoms with Crippen molar-refractivity contribution in [2.24, 2.45) is 0 Å². The number of nitrogens with one attached hydrogen (secondary N) is 1. The standard InChI is InChI=1S/C25H19BrF4N2O2/c26-16-5-10-21-20(13-16)19-11-12-32(24(33)34-18-8-6-17(27)7-9-18)23(22(19)31-21)14-1-3-15(4-2-14)25(28,29)30/h1-4,6-10,13,16,23,31H,5,11-12H2. The first-order valence-electron chi connectivity index (χ1n) is 10.7. The number of amides is 1. The number of halogens is 5. The number of carbonyl (C=O) groups excluding carboxylic acids is 1. The molecule has 1 aliphatic carbocycles. The van der Waals surface area contributed by atoms with Crippen LogP contribution in [0.3, 0.4) is 0 Å². The molecule has 0 spiro atoms. The van der Waals surface area contributed by atoms with E-state index in [1.807, 2.05) is 0 Å². The van der Waals surface area contributed by atoms with Crippen molar-refractivity contribution in [3.63, 3.8) is 0 Å². The molecule has 0 bridgehead atoms. The maximum atomic E-state index is 13.2. The molecule has 1 aliphatic heterocycles. The lowest BCUT2D eigenvalue weighted by molar-refractivity contribution is -0.137. The average Bonchev–Trinajstić information content (AvgIpc) is 3.17. The zero-order valence-electron chi connectivity index (χ0n) is 17.7. The Morgan fingerprint density at radius 3 is 2.47 bits per heavy atom. The Balaban J connectivity index is 1.57. The lowest BCUT2D eigenvalue weighted by Crippen LogP contribution is -2.43. The molecular formula is C25H19BrF4N2O2. The number of aromatic amines is 1. The molecule has 0 fully saturated rings. The SMILES string of the molecule is O=C(Oc1ccc(F)cc1)N1CCc2c([nH]c3c2=CC(Br)CC=3)C1c1ccc(C(F)(F)F)cc1. The van der Waals surface area contributed by atoms with Crippen molar-refractivity contribution in [3.05, 3.63) is 87.3 Å². The molecule has 1 N–H and O–H groups in total. The maximum absolute atomic E-state index is 13.2. The van der Waals surface area contributed by atoms with Crippen LogP contribution in [0.2, 0.25) is 0 Å². The minimum absolute atomic E-state index is 0.179. The fourth-order valence-electron chi connectivity index (χ4n) is 4.51. The van der Waals surface area contributed by atoms with E-state index in [4.69, 9.17) is 4.74 Å². The number of fused-ring (bicyclic) bond motifs is 3. The topological polar surface area (TPSA) is 45.3 Å². The zero-order chi connectivity index (χ0) is 24.0. The summed E-state index contributed by atoms with van der Waals surface area (Å²) in [6.07, 6.45) is 0.409.